The molecular weight excluding hydrogens is 402 g/mol. The van der Waals surface area contributed by atoms with Gasteiger partial charge in [0.1, 0.15) is 17.0 Å². The molecule has 0 saturated heterocycles. The molecule has 30 heavy (non-hydrogen) atoms. The molecule has 3 aromatic heterocycles. The normalized spacial score (nSPS) is 14.5. The second-order valence-electron chi connectivity index (χ2n) is 7.35. The summed E-state index contributed by atoms with van der Waals surface area (Å²) in [5.74, 6) is 0.347. The van der Waals surface area contributed by atoms with Crippen LogP contribution in [0.25, 0.3) is 21.3 Å². The average molecular weight is 419 g/mol. The Balaban J connectivity index is 1.32. The van der Waals surface area contributed by atoms with Gasteiger partial charge in [0.15, 0.2) is 0 Å². The zero-order valence-electron chi connectivity index (χ0n) is 16.1. The van der Waals surface area contributed by atoms with Crippen molar-refractivity contribution in [1.82, 2.24) is 30.3 Å². The standard InChI is InChI=1S/C20H17N7O2S/c1-27-10-12(9-22-27)13-3-2-4-14-19(13)23-18(30-14)8-17-26-25-16(29-17)7-15(28)24-20(11-21)5-6-20/h2-4,9-10H,5-8H2,1H3,(H,24,28). The SMILES string of the molecule is Cn1cc(-c2cccc3sc(Cc4nnc(CC(=O)NC5(C#N)CC5)o4)nc23)cn1. The van der Waals surface area contributed by atoms with Gasteiger partial charge in [-0.15, -0.1) is 21.5 Å². The van der Waals surface area contributed by atoms with E-state index in [4.69, 9.17) is 14.7 Å². The highest BCUT2D eigenvalue weighted by Crippen LogP contribution is 2.34. The van der Waals surface area contributed by atoms with Crippen LogP contribution in [0.15, 0.2) is 35.0 Å². The summed E-state index contributed by atoms with van der Waals surface area (Å²) in [6, 6.07) is 8.19. The fourth-order valence-electron chi connectivity index (χ4n) is 3.26. The molecule has 9 nitrogen and oxygen atoms in total. The van der Waals surface area contributed by atoms with Crippen LogP contribution in [0.4, 0.5) is 0 Å². The number of hydrogen-bond donors (Lipinski definition) is 1. The molecule has 3 heterocycles. The first-order chi connectivity index (χ1) is 14.5. The van der Waals surface area contributed by atoms with Crippen LogP contribution in [-0.4, -0.2) is 36.4 Å². The van der Waals surface area contributed by atoms with Gasteiger partial charge < -0.3 is 9.73 Å². The zero-order valence-corrected chi connectivity index (χ0v) is 16.9. The predicted molar refractivity (Wildman–Crippen MR) is 108 cm³/mol. The molecule has 5 rings (SSSR count). The van der Waals surface area contributed by atoms with E-state index in [1.165, 1.54) is 0 Å². The maximum atomic E-state index is 12.1. The van der Waals surface area contributed by atoms with E-state index in [0.717, 1.165) is 26.4 Å². The number of carbonyl (C=O) groups is 1. The van der Waals surface area contributed by atoms with Gasteiger partial charge in [0.05, 0.1) is 28.9 Å². The van der Waals surface area contributed by atoms with E-state index in [9.17, 15) is 4.79 Å². The second-order valence-corrected chi connectivity index (χ2v) is 8.46. The molecule has 0 spiro atoms. The number of rotatable bonds is 6. The van der Waals surface area contributed by atoms with Crippen molar-refractivity contribution in [3.63, 3.8) is 0 Å². The molecule has 1 aliphatic rings. The van der Waals surface area contributed by atoms with E-state index in [-0.39, 0.29) is 18.2 Å². The van der Waals surface area contributed by atoms with E-state index < -0.39 is 5.54 Å². The number of aryl methyl sites for hydroxylation is 1. The van der Waals surface area contributed by atoms with Gasteiger partial charge in [-0.1, -0.05) is 12.1 Å². The van der Waals surface area contributed by atoms with Gasteiger partial charge >= 0.3 is 0 Å². The van der Waals surface area contributed by atoms with Crippen molar-refractivity contribution in [2.75, 3.05) is 0 Å². The largest absolute Gasteiger partial charge is 0.424 e. The molecule has 0 unspecified atom stereocenters. The van der Waals surface area contributed by atoms with E-state index in [0.29, 0.717) is 25.2 Å². The van der Waals surface area contributed by atoms with Crippen LogP contribution in [0.1, 0.15) is 29.6 Å². The number of fused-ring (bicyclic) bond motifs is 1. The van der Waals surface area contributed by atoms with Crippen molar-refractivity contribution < 1.29 is 9.21 Å². The van der Waals surface area contributed by atoms with Crippen molar-refractivity contribution >= 4 is 27.5 Å². The molecule has 1 aliphatic carbocycles. The molecule has 1 saturated carbocycles. The van der Waals surface area contributed by atoms with E-state index >= 15 is 0 Å². The first kappa shape index (κ1) is 18.4. The molecule has 1 aromatic carbocycles. The molecule has 4 aromatic rings. The Labute approximate surface area is 175 Å². The van der Waals surface area contributed by atoms with Crippen LogP contribution in [0.2, 0.25) is 0 Å². The molecule has 150 valence electrons. The lowest BCUT2D eigenvalue weighted by Gasteiger charge is -2.06. The number of hydrogen-bond acceptors (Lipinski definition) is 8. The number of amides is 1. The Morgan fingerprint density at radius 1 is 1.37 bits per heavy atom. The topological polar surface area (TPSA) is 123 Å². The average Bonchev–Trinajstić information content (AvgIpc) is 3.05. The monoisotopic (exact) mass is 419 g/mol. The quantitative estimate of drug-likeness (QED) is 0.509. The number of carbonyl (C=O) groups excluding carboxylic acids is 1. The van der Waals surface area contributed by atoms with Crippen LogP contribution in [0, 0.1) is 11.3 Å². The van der Waals surface area contributed by atoms with Crippen LogP contribution < -0.4 is 5.32 Å². The molecule has 0 atom stereocenters. The smallest absolute Gasteiger partial charge is 0.230 e. The molecule has 0 radical (unpaired) electrons. The van der Waals surface area contributed by atoms with E-state index in [1.54, 1.807) is 16.0 Å². The van der Waals surface area contributed by atoms with Gasteiger partial charge in [-0.05, 0) is 18.9 Å². The summed E-state index contributed by atoms with van der Waals surface area (Å²) in [4.78, 5) is 16.8. The molecule has 1 amide bonds. The van der Waals surface area contributed by atoms with Gasteiger partial charge in [0.2, 0.25) is 17.7 Å². The van der Waals surface area contributed by atoms with Crippen LogP contribution >= 0.6 is 11.3 Å². The summed E-state index contributed by atoms with van der Waals surface area (Å²) in [6.07, 6.45) is 5.50. The van der Waals surface area contributed by atoms with Crippen molar-refractivity contribution in [3.05, 3.63) is 47.4 Å². The minimum Gasteiger partial charge on any atom is -0.424 e. The molecule has 0 bridgehead atoms. The van der Waals surface area contributed by atoms with Gasteiger partial charge in [-0.25, -0.2) is 4.98 Å². The minimum atomic E-state index is -0.701. The Morgan fingerprint density at radius 3 is 2.93 bits per heavy atom. The molecule has 1 fully saturated rings. The number of nitrogens with zero attached hydrogens (tertiary/aromatic N) is 6. The molecule has 10 heteroatoms. The zero-order chi connectivity index (χ0) is 20.7. The number of para-hydroxylation sites is 1. The van der Waals surface area contributed by atoms with Gasteiger partial charge in [-0.2, -0.15) is 10.4 Å². The number of nitrogens with one attached hydrogen (secondary N) is 1. The lowest BCUT2D eigenvalue weighted by molar-refractivity contribution is -0.121. The highest BCUT2D eigenvalue weighted by atomic mass is 32.1. The lowest BCUT2D eigenvalue weighted by Crippen LogP contribution is -2.36. The summed E-state index contributed by atoms with van der Waals surface area (Å²) in [7, 11) is 1.88. The maximum absolute atomic E-state index is 12.1. The van der Waals surface area contributed by atoms with Gasteiger partial charge in [0.25, 0.3) is 0 Å². The number of benzene rings is 1. The maximum Gasteiger partial charge on any atom is 0.230 e. The predicted octanol–water partition coefficient (Wildman–Crippen LogP) is 2.39. The third-order valence-corrected chi connectivity index (χ3v) is 5.97. The highest BCUT2D eigenvalue weighted by molar-refractivity contribution is 7.18. The van der Waals surface area contributed by atoms with Crippen molar-refractivity contribution in [2.24, 2.45) is 7.05 Å². The first-order valence-electron chi connectivity index (χ1n) is 9.44. The Bertz CT molecular complexity index is 1290. The second kappa shape index (κ2) is 7.03. The Kier molecular flexibility index (Phi) is 4.33. The van der Waals surface area contributed by atoms with Crippen molar-refractivity contribution in [1.29, 1.82) is 5.26 Å². The lowest BCUT2D eigenvalue weighted by atomic mass is 10.1. The number of thiazole rings is 1. The Morgan fingerprint density at radius 2 is 2.20 bits per heavy atom. The molecule has 1 N–H and O–H groups in total. The van der Waals surface area contributed by atoms with E-state index in [1.807, 2.05) is 37.6 Å². The fraction of sp³-hybridized carbons (Fsp3) is 0.300. The van der Waals surface area contributed by atoms with Gasteiger partial charge in [-0.3, -0.25) is 9.48 Å². The summed E-state index contributed by atoms with van der Waals surface area (Å²) in [5, 5.41) is 24.9. The van der Waals surface area contributed by atoms with Crippen LogP contribution in [-0.2, 0) is 24.7 Å². The Hall–Kier alpha value is -3.58. The number of nitriles is 1. The molecular formula is C20H17N7O2S. The van der Waals surface area contributed by atoms with Crippen LogP contribution in [0.5, 0.6) is 0 Å². The summed E-state index contributed by atoms with van der Waals surface area (Å²) in [6.45, 7) is 0. The van der Waals surface area contributed by atoms with Crippen molar-refractivity contribution in [2.45, 2.75) is 31.2 Å². The summed E-state index contributed by atoms with van der Waals surface area (Å²) in [5.41, 5.74) is 2.25. The van der Waals surface area contributed by atoms with Gasteiger partial charge in [0, 0.05) is 24.4 Å². The third-order valence-electron chi connectivity index (χ3n) is 4.94. The summed E-state index contributed by atoms with van der Waals surface area (Å²) < 4.78 is 8.46. The first-order valence-corrected chi connectivity index (χ1v) is 10.3. The third kappa shape index (κ3) is 3.55. The summed E-state index contributed by atoms with van der Waals surface area (Å²) >= 11 is 1.57. The van der Waals surface area contributed by atoms with Crippen LogP contribution in [0.3, 0.4) is 0 Å². The minimum absolute atomic E-state index is 0.0402. The number of aromatic nitrogens is 5. The highest BCUT2D eigenvalue weighted by Gasteiger charge is 2.44. The van der Waals surface area contributed by atoms with E-state index in [2.05, 4.69) is 26.7 Å². The van der Waals surface area contributed by atoms with Crippen molar-refractivity contribution in [3.8, 4) is 17.2 Å². The molecule has 0 aliphatic heterocycles. The fourth-order valence-corrected chi connectivity index (χ4v) is 4.25.